The minimum atomic E-state index is -1.46. The minimum Gasteiger partial charge on any atom is -0.546 e. The first-order valence-corrected chi connectivity index (χ1v) is 4.81. The Balaban J connectivity index is 0.00000256. The predicted octanol–water partition coefficient (Wildman–Crippen LogP) is -1.97. The van der Waals surface area contributed by atoms with Gasteiger partial charge in [0.15, 0.2) is 0 Å². The number of carboxylic acids is 1. The van der Waals surface area contributed by atoms with Crippen LogP contribution in [0.5, 0.6) is 0 Å². The fourth-order valence-electron chi connectivity index (χ4n) is 0.922. The first-order valence-electron chi connectivity index (χ1n) is 4.43. The van der Waals surface area contributed by atoms with E-state index in [1.807, 2.05) is 0 Å². The maximum Gasteiger partial charge on any atom is 1.00 e. The fraction of sp³-hybridized carbons (Fsp3) is 0.200. The molecule has 1 amide bonds. The molecule has 0 saturated carbocycles. The summed E-state index contributed by atoms with van der Waals surface area (Å²) in [4.78, 5) is 21.5. The fourth-order valence-corrected chi connectivity index (χ4v) is 1.11. The molecule has 17 heavy (non-hydrogen) atoms. The van der Waals surface area contributed by atoms with Gasteiger partial charge in [-0.15, -0.1) is 0 Å². The number of benzene rings is 1. The van der Waals surface area contributed by atoms with Crippen LogP contribution in [0.25, 0.3) is 0 Å². The number of carboxylic acid groups (broad SMARTS) is 1. The summed E-state index contributed by atoms with van der Waals surface area (Å²) in [6.45, 7) is 1.20. The Kier molecular flexibility index (Phi) is 7.22. The molecule has 86 valence electrons. The Hall–Kier alpha value is -0.750. The zero-order valence-electron chi connectivity index (χ0n) is 9.40. The van der Waals surface area contributed by atoms with Crippen LogP contribution in [0.4, 0.5) is 10.5 Å². The van der Waals surface area contributed by atoms with Gasteiger partial charge < -0.3 is 14.6 Å². The van der Waals surface area contributed by atoms with Crippen LogP contribution >= 0.6 is 11.6 Å². The Morgan fingerprint density at radius 1 is 1.47 bits per heavy atom. The number of ether oxygens (including phenoxy) is 1. The minimum absolute atomic E-state index is 0. The number of nitrogens with one attached hydrogen (secondary N) is 1. The van der Waals surface area contributed by atoms with Crippen LogP contribution in [0.1, 0.15) is 6.92 Å². The molecule has 0 fully saturated rings. The van der Waals surface area contributed by atoms with Crippen LogP contribution in [0.15, 0.2) is 24.3 Å². The normalized spacial score (nSPS) is 10.9. The van der Waals surface area contributed by atoms with Crippen LogP contribution in [0, 0.1) is 0 Å². The molecular formula is C10H9ClNNaO4. The van der Waals surface area contributed by atoms with Crippen LogP contribution in [0.2, 0.25) is 5.02 Å². The Labute approximate surface area is 125 Å². The van der Waals surface area contributed by atoms with E-state index < -0.39 is 18.2 Å². The van der Waals surface area contributed by atoms with E-state index in [2.05, 4.69) is 10.1 Å². The molecular weight excluding hydrogens is 257 g/mol. The monoisotopic (exact) mass is 265 g/mol. The largest absolute Gasteiger partial charge is 1.00 e. The zero-order chi connectivity index (χ0) is 12.1. The number of amides is 1. The van der Waals surface area contributed by atoms with Crippen molar-refractivity contribution in [2.75, 3.05) is 5.32 Å². The molecule has 1 unspecified atom stereocenters. The molecule has 7 heteroatoms. The van der Waals surface area contributed by atoms with Gasteiger partial charge in [0.1, 0.15) is 6.10 Å². The van der Waals surface area contributed by atoms with E-state index in [-0.39, 0.29) is 29.6 Å². The van der Waals surface area contributed by atoms with E-state index in [9.17, 15) is 14.7 Å². The zero-order valence-corrected chi connectivity index (χ0v) is 12.2. The van der Waals surface area contributed by atoms with Crippen molar-refractivity contribution in [3.05, 3.63) is 29.3 Å². The Bertz CT molecular complexity index is 413. The molecule has 0 saturated heterocycles. The van der Waals surface area contributed by atoms with Gasteiger partial charge in [-0.2, -0.15) is 0 Å². The molecule has 0 spiro atoms. The summed E-state index contributed by atoms with van der Waals surface area (Å²) in [5, 5.41) is 13.1. The summed E-state index contributed by atoms with van der Waals surface area (Å²) in [6, 6.07) is 6.38. The predicted molar refractivity (Wildman–Crippen MR) is 56.0 cm³/mol. The number of hydrogen-bond donors (Lipinski definition) is 1. The molecule has 0 aliphatic carbocycles. The van der Waals surface area contributed by atoms with Gasteiger partial charge in [-0.3, -0.25) is 5.32 Å². The second-order valence-electron chi connectivity index (χ2n) is 3.00. The summed E-state index contributed by atoms with van der Waals surface area (Å²) in [5.74, 6) is -1.46. The molecule has 1 aromatic carbocycles. The van der Waals surface area contributed by atoms with Crippen molar-refractivity contribution in [2.24, 2.45) is 0 Å². The van der Waals surface area contributed by atoms with Crippen molar-refractivity contribution in [1.82, 2.24) is 0 Å². The third-order valence-corrected chi connectivity index (χ3v) is 1.92. The smallest absolute Gasteiger partial charge is 0.546 e. The third kappa shape index (κ3) is 5.93. The van der Waals surface area contributed by atoms with Crippen molar-refractivity contribution in [1.29, 1.82) is 0 Å². The van der Waals surface area contributed by atoms with Gasteiger partial charge >= 0.3 is 35.7 Å². The van der Waals surface area contributed by atoms with Crippen LogP contribution < -0.4 is 40.0 Å². The number of anilines is 1. The van der Waals surface area contributed by atoms with Gasteiger partial charge in [0.2, 0.25) is 0 Å². The van der Waals surface area contributed by atoms with E-state index in [0.29, 0.717) is 10.7 Å². The SMILES string of the molecule is CC(OC(=O)Nc1cccc(Cl)c1)C(=O)[O-].[Na+]. The molecule has 1 atom stereocenters. The Morgan fingerprint density at radius 3 is 2.65 bits per heavy atom. The first-order chi connectivity index (χ1) is 7.49. The van der Waals surface area contributed by atoms with E-state index in [1.54, 1.807) is 18.2 Å². The second-order valence-corrected chi connectivity index (χ2v) is 3.44. The maximum absolute atomic E-state index is 11.2. The number of halogens is 1. The first kappa shape index (κ1) is 16.2. The summed E-state index contributed by atoms with van der Waals surface area (Å²) in [5.41, 5.74) is 0.419. The summed E-state index contributed by atoms with van der Waals surface area (Å²) >= 11 is 5.69. The second kappa shape index (κ2) is 7.55. The van der Waals surface area contributed by atoms with Crippen LogP contribution in [-0.2, 0) is 9.53 Å². The maximum atomic E-state index is 11.2. The van der Waals surface area contributed by atoms with Gasteiger partial charge in [0.05, 0.1) is 5.97 Å². The van der Waals surface area contributed by atoms with Gasteiger partial charge in [-0.1, -0.05) is 17.7 Å². The molecule has 0 bridgehead atoms. The summed E-state index contributed by atoms with van der Waals surface area (Å²) in [6.07, 6.45) is -2.18. The molecule has 1 aromatic rings. The van der Waals surface area contributed by atoms with Crippen molar-refractivity contribution < 1.29 is 49.0 Å². The van der Waals surface area contributed by atoms with Crippen molar-refractivity contribution >= 4 is 29.4 Å². The van der Waals surface area contributed by atoms with E-state index in [0.717, 1.165) is 0 Å². The average Bonchev–Trinajstić information content (AvgIpc) is 2.16. The molecule has 0 aromatic heterocycles. The van der Waals surface area contributed by atoms with E-state index in [4.69, 9.17) is 11.6 Å². The summed E-state index contributed by atoms with van der Waals surface area (Å²) < 4.78 is 4.50. The van der Waals surface area contributed by atoms with Gasteiger partial charge in [-0.05, 0) is 25.1 Å². The van der Waals surface area contributed by atoms with Gasteiger partial charge in [0, 0.05) is 10.7 Å². The molecule has 0 heterocycles. The number of aliphatic carboxylic acids is 1. The van der Waals surface area contributed by atoms with Crippen molar-refractivity contribution in [2.45, 2.75) is 13.0 Å². The van der Waals surface area contributed by atoms with Gasteiger partial charge in [-0.25, -0.2) is 4.79 Å². The molecule has 1 rings (SSSR count). The molecule has 0 aliphatic rings. The van der Waals surface area contributed by atoms with Crippen LogP contribution in [0.3, 0.4) is 0 Å². The van der Waals surface area contributed by atoms with Crippen molar-refractivity contribution in [3.8, 4) is 0 Å². The van der Waals surface area contributed by atoms with Gasteiger partial charge in [0.25, 0.3) is 0 Å². The molecule has 1 N–H and O–H groups in total. The standard InChI is InChI=1S/C10H10ClNO4.Na/c1-6(9(13)14)16-10(15)12-8-4-2-3-7(11)5-8;/h2-6H,1H3,(H,12,15)(H,13,14);/q;+1/p-1. The van der Waals surface area contributed by atoms with E-state index in [1.165, 1.54) is 13.0 Å². The summed E-state index contributed by atoms with van der Waals surface area (Å²) in [7, 11) is 0. The quantitative estimate of drug-likeness (QED) is 0.643. The molecule has 0 aliphatic heterocycles. The van der Waals surface area contributed by atoms with Crippen LogP contribution in [-0.4, -0.2) is 18.2 Å². The molecule has 5 nitrogen and oxygen atoms in total. The molecule has 0 radical (unpaired) electrons. The topological polar surface area (TPSA) is 78.5 Å². The average molecular weight is 266 g/mol. The third-order valence-electron chi connectivity index (χ3n) is 1.69. The number of carbonyl (C=O) groups excluding carboxylic acids is 2. The van der Waals surface area contributed by atoms with Crippen molar-refractivity contribution in [3.63, 3.8) is 0 Å². The number of carbonyl (C=O) groups is 2. The number of rotatable bonds is 3. The van der Waals surface area contributed by atoms with E-state index >= 15 is 0 Å². The number of hydrogen-bond acceptors (Lipinski definition) is 4. The Morgan fingerprint density at radius 2 is 2.12 bits per heavy atom.